The lowest BCUT2D eigenvalue weighted by Crippen LogP contribution is -2.26. The zero-order valence-electron chi connectivity index (χ0n) is 12.1. The maximum atomic E-state index is 13.0. The lowest BCUT2D eigenvalue weighted by atomic mass is 10.1. The van der Waals surface area contributed by atoms with E-state index in [1.807, 2.05) is 13.8 Å². The first-order chi connectivity index (χ1) is 9.97. The summed E-state index contributed by atoms with van der Waals surface area (Å²) in [5.74, 6) is -0.595. The highest BCUT2D eigenvalue weighted by molar-refractivity contribution is 5.96. The molecule has 0 aliphatic rings. The Balaban J connectivity index is 1.95. The summed E-state index contributed by atoms with van der Waals surface area (Å²) < 4.78 is 13.0. The van der Waals surface area contributed by atoms with E-state index >= 15 is 0 Å². The van der Waals surface area contributed by atoms with Crippen LogP contribution in [0.1, 0.15) is 27.0 Å². The predicted molar refractivity (Wildman–Crippen MR) is 80.0 cm³/mol. The number of halogens is 1. The summed E-state index contributed by atoms with van der Waals surface area (Å²) in [5, 5.41) is 12.5. The molecule has 0 heterocycles. The van der Waals surface area contributed by atoms with E-state index in [1.165, 1.54) is 12.1 Å². The molecule has 0 saturated heterocycles. The molecule has 0 atom stereocenters. The van der Waals surface area contributed by atoms with E-state index in [0.717, 1.165) is 16.7 Å². The van der Waals surface area contributed by atoms with E-state index in [1.54, 1.807) is 24.3 Å². The average molecular weight is 287 g/mol. The fourth-order valence-corrected chi connectivity index (χ4v) is 2.18. The molecule has 110 valence electrons. The molecule has 2 rings (SSSR count). The number of hydrogen-bond donors (Lipinski definition) is 2. The van der Waals surface area contributed by atoms with Gasteiger partial charge >= 0.3 is 0 Å². The highest BCUT2D eigenvalue weighted by atomic mass is 19.1. The van der Waals surface area contributed by atoms with Crippen LogP contribution in [0.4, 0.5) is 4.39 Å². The van der Waals surface area contributed by atoms with Gasteiger partial charge in [0.1, 0.15) is 11.6 Å². The van der Waals surface area contributed by atoms with Gasteiger partial charge in [-0.15, -0.1) is 0 Å². The number of aryl methyl sites for hydroxylation is 2. The van der Waals surface area contributed by atoms with Crippen LogP contribution in [0.3, 0.4) is 0 Å². The second-order valence-corrected chi connectivity index (χ2v) is 5.10. The molecule has 2 N–H and O–H groups in total. The van der Waals surface area contributed by atoms with Gasteiger partial charge in [0.25, 0.3) is 5.91 Å². The number of benzene rings is 2. The van der Waals surface area contributed by atoms with Crippen molar-refractivity contribution in [2.75, 3.05) is 6.54 Å². The van der Waals surface area contributed by atoms with E-state index in [2.05, 4.69) is 5.32 Å². The molecule has 21 heavy (non-hydrogen) atoms. The Morgan fingerprint density at radius 2 is 1.95 bits per heavy atom. The van der Waals surface area contributed by atoms with Crippen LogP contribution >= 0.6 is 0 Å². The first kappa shape index (κ1) is 15.0. The van der Waals surface area contributed by atoms with Crippen molar-refractivity contribution >= 4 is 5.91 Å². The highest BCUT2D eigenvalue weighted by Crippen LogP contribution is 2.18. The van der Waals surface area contributed by atoms with E-state index in [0.29, 0.717) is 13.0 Å². The largest absolute Gasteiger partial charge is 0.507 e. The van der Waals surface area contributed by atoms with Gasteiger partial charge in [-0.05, 0) is 61.2 Å². The van der Waals surface area contributed by atoms with E-state index < -0.39 is 0 Å². The molecule has 2 aromatic carbocycles. The van der Waals surface area contributed by atoms with Crippen LogP contribution in [0.15, 0.2) is 36.4 Å². The van der Waals surface area contributed by atoms with Gasteiger partial charge in [0.05, 0.1) is 5.56 Å². The van der Waals surface area contributed by atoms with E-state index in [4.69, 9.17) is 0 Å². The summed E-state index contributed by atoms with van der Waals surface area (Å²) in [6, 6.07) is 9.54. The Hall–Kier alpha value is -2.36. The summed E-state index contributed by atoms with van der Waals surface area (Å²) >= 11 is 0. The first-order valence-electron chi connectivity index (χ1n) is 6.80. The second kappa shape index (κ2) is 6.39. The molecule has 0 unspecified atom stereocenters. The van der Waals surface area contributed by atoms with Crippen molar-refractivity contribution in [2.45, 2.75) is 20.3 Å². The Bertz CT molecular complexity index is 668. The molecule has 0 spiro atoms. The van der Waals surface area contributed by atoms with Crippen LogP contribution in [-0.4, -0.2) is 17.6 Å². The molecular formula is C17H18FNO2. The van der Waals surface area contributed by atoms with Crippen LogP contribution in [0.5, 0.6) is 5.75 Å². The Morgan fingerprint density at radius 3 is 2.62 bits per heavy atom. The molecule has 1 amide bonds. The minimum Gasteiger partial charge on any atom is -0.507 e. The highest BCUT2D eigenvalue weighted by Gasteiger charge is 2.10. The van der Waals surface area contributed by atoms with Gasteiger partial charge in [0, 0.05) is 6.54 Å². The van der Waals surface area contributed by atoms with Crippen molar-refractivity contribution in [1.29, 1.82) is 0 Å². The Labute approximate surface area is 123 Å². The normalized spacial score (nSPS) is 10.4. The number of rotatable bonds is 4. The fraction of sp³-hybridized carbons (Fsp3) is 0.235. The number of amides is 1. The van der Waals surface area contributed by atoms with Gasteiger partial charge in [0.15, 0.2) is 0 Å². The van der Waals surface area contributed by atoms with Crippen molar-refractivity contribution in [3.63, 3.8) is 0 Å². The number of phenols is 1. The van der Waals surface area contributed by atoms with E-state index in [-0.39, 0.29) is 23.0 Å². The topological polar surface area (TPSA) is 49.3 Å². The summed E-state index contributed by atoms with van der Waals surface area (Å²) in [6.07, 6.45) is 0.616. The number of carbonyl (C=O) groups is 1. The molecule has 0 fully saturated rings. The van der Waals surface area contributed by atoms with Crippen LogP contribution in [0, 0.1) is 19.7 Å². The molecule has 0 saturated carbocycles. The van der Waals surface area contributed by atoms with Gasteiger partial charge in [-0.1, -0.05) is 12.1 Å². The number of phenolic OH excluding ortho intramolecular Hbond substituents is 1. The Kier molecular flexibility index (Phi) is 4.58. The maximum Gasteiger partial charge on any atom is 0.255 e. The molecule has 0 aliphatic heterocycles. The fourth-order valence-electron chi connectivity index (χ4n) is 2.18. The molecule has 0 radical (unpaired) electrons. The summed E-state index contributed by atoms with van der Waals surface area (Å²) in [7, 11) is 0. The third-order valence-electron chi connectivity index (χ3n) is 3.38. The van der Waals surface area contributed by atoms with Crippen LogP contribution < -0.4 is 5.32 Å². The zero-order valence-corrected chi connectivity index (χ0v) is 12.1. The summed E-state index contributed by atoms with van der Waals surface area (Å²) in [5.41, 5.74) is 3.01. The van der Waals surface area contributed by atoms with Crippen molar-refractivity contribution in [3.05, 3.63) is 64.5 Å². The number of nitrogens with one attached hydrogen (secondary N) is 1. The maximum absolute atomic E-state index is 13.0. The average Bonchev–Trinajstić information content (AvgIpc) is 2.41. The number of carbonyl (C=O) groups excluding carboxylic acids is 1. The van der Waals surface area contributed by atoms with Gasteiger partial charge in [-0.3, -0.25) is 4.79 Å². The minimum absolute atomic E-state index is 0.0227. The zero-order chi connectivity index (χ0) is 15.4. The van der Waals surface area contributed by atoms with Gasteiger partial charge in [-0.25, -0.2) is 4.39 Å². The van der Waals surface area contributed by atoms with Crippen molar-refractivity contribution in [2.24, 2.45) is 0 Å². The first-order valence-corrected chi connectivity index (χ1v) is 6.80. The quantitative estimate of drug-likeness (QED) is 0.907. The number of aromatic hydroxyl groups is 1. The van der Waals surface area contributed by atoms with Crippen LogP contribution in [0.2, 0.25) is 0 Å². The van der Waals surface area contributed by atoms with Gasteiger partial charge in [0.2, 0.25) is 0 Å². The summed E-state index contributed by atoms with van der Waals surface area (Å²) in [6.45, 7) is 4.11. The molecule has 4 heteroatoms. The van der Waals surface area contributed by atoms with Gasteiger partial charge < -0.3 is 10.4 Å². The summed E-state index contributed by atoms with van der Waals surface area (Å²) in [4.78, 5) is 12.0. The van der Waals surface area contributed by atoms with Crippen molar-refractivity contribution in [1.82, 2.24) is 5.32 Å². The van der Waals surface area contributed by atoms with Gasteiger partial charge in [-0.2, -0.15) is 0 Å². The molecule has 2 aromatic rings. The molecule has 0 aliphatic carbocycles. The molecular weight excluding hydrogens is 269 g/mol. The van der Waals surface area contributed by atoms with Crippen LogP contribution in [-0.2, 0) is 6.42 Å². The molecule has 3 nitrogen and oxygen atoms in total. The van der Waals surface area contributed by atoms with E-state index in [9.17, 15) is 14.3 Å². The lowest BCUT2D eigenvalue weighted by molar-refractivity contribution is 0.0951. The third-order valence-corrected chi connectivity index (χ3v) is 3.38. The predicted octanol–water partition coefficient (Wildman–Crippen LogP) is 3.12. The monoisotopic (exact) mass is 287 g/mol. The Morgan fingerprint density at radius 1 is 1.19 bits per heavy atom. The second-order valence-electron chi connectivity index (χ2n) is 5.10. The van der Waals surface area contributed by atoms with Crippen molar-refractivity contribution < 1.29 is 14.3 Å². The third kappa shape index (κ3) is 3.81. The standard InChI is InChI=1S/C17H18FNO2/c1-11-3-6-15(16(20)9-11)17(21)19-8-7-13-4-5-14(18)10-12(13)2/h3-6,9-10,20H,7-8H2,1-2H3,(H,19,21). The van der Waals surface area contributed by atoms with Crippen molar-refractivity contribution in [3.8, 4) is 5.75 Å². The lowest BCUT2D eigenvalue weighted by Gasteiger charge is -2.09. The number of hydrogen-bond acceptors (Lipinski definition) is 2. The molecule has 0 bridgehead atoms. The van der Waals surface area contributed by atoms with Crippen LogP contribution in [0.25, 0.3) is 0 Å². The minimum atomic E-state index is -0.313. The smallest absolute Gasteiger partial charge is 0.255 e. The SMILES string of the molecule is Cc1ccc(C(=O)NCCc2ccc(F)cc2C)c(O)c1. The molecule has 0 aromatic heterocycles.